The molecule has 1 aliphatic rings. The molecule has 0 atom stereocenters. The fraction of sp³-hybridized carbons (Fsp3) is 0.273. The molecule has 1 aliphatic heterocycles. The van der Waals surface area contributed by atoms with E-state index in [-0.39, 0.29) is 12.5 Å². The summed E-state index contributed by atoms with van der Waals surface area (Å²) in [6.07, 6.45) is 0. The molecule has 0 N–H and O–H groups in total. The van der Waals surface area contributed by atoms with Crippen molar-refractivity contribution < 1.29 is 4.79 Å². The van der Waals surface area contributed by atoms with E-state index in [1.165, 1.54) is 4.90 Å². The molecule has 4 heteroatoms. The molecule has 1 heterocycles. The Bertz CT molecular complexity index is 436. The van der Waals surface area contributed by atoms with Crippen LogP contribution in [-0.4, -0.2) is 26.0 Å². The molecule has 0 spiro atoms. The number of likely N-dealkylation sites (N-methyl/N-ethyl adjacent to an activating group) is 1. The predicted molar refractivity (Wildman–Crippen MR) is 57.7 cm³/mol. The molecule has 15 heavy (non-hydrogen) atoms. The molecule has 1 aromatic carbocycles. The third kappa shape index (κ3) is 1.52. The van der Waals surface area contributed by atoms with E-state index in [0.717, 1.165) is 11.4 Å². The van der Waals surface area contributed by atoms with Crippen molar-refractivity contribution >= 4 is 17.3 Å². The molecule has 1 aromatic rings. The normalized spacial score (nSPS) is 14.8. The number of hydrogen-bond acceptors (Lipinski definition) is 3. The van der Waals surface area contributed by atoms with Crippen LogP contribution in [0.25, 0.3) is 0 Å². The zero-order chi connectivity index (χ0) is 10.8. The van der Waals surface area contributed by atoms with Gasteiger partial charge in [-0.2, -0.15) is 5.26 Å². The number of para-hydroxylation sites is 2. The Kier molecular flexibility index (Phi) is 2.30. The van der Waals surface area contributed by atoms with Crippen LogP contribution >= 0.6 is 0 Å². The number of fused-ring (bicyclic) bond motifs is 1. The van der Waals surface area contributed by atoms with Crippen LogP contribution in [0.1, 0.15) is 0 Å². The molecular weight excluding hydrogens is 190 g/mol. The van der Waals surface area contributed by atoms with E-state index in [4.69, 9.17) is 5.26 Å². The molecule has 0 saturated carbocycles. The van der Waals surface area contributed by atoms with Crippen molar-refractivity contribution in [2.45, 2.75) is 0 Å². The number of anilines is 2. The third-order valence-corrected chi connectivity index (χ3v) is 2.49. The van der Waals surface area contributed by atoms with Gasteiger partial charge in [0.05, 0.1) is 24.0 Å². The topological polar surface area (TPSA) is 47.3 Å². The first-order valence-corrected chi connectivity index (χ1v) is 4.71. The van der Waals surface area contributed by atoms with Gasteiger partial charge in [0.25, 0.3) is 0 Å². The summed E-state index contributed by atoms with van der Waals surface area (Å²) in [6, 6.07) is 9.62. The minimum Gasteiger partial charge on any atom is -0.364 e. The number of hydrogen-bond donors (Lipinski definition) is 0. The van der Waals surface area contributed by atoms with Crippen molar-refractivity contribution in [3.8, 4) is 6.07 Å². The standard InChI is InChI=1S/C11H11N3O/c1-13-8-11(15)14(7-6-12)10-5-3-2-4-9(10)13/h2-5H,7-8H2,1H3. The van der Waals surface area contributed by atoms with Gasteiger partial charge in [-0.3, -0.25) is 9.69 Å². The Morgan fingerprint density at radius 2 is 2.07 bits per heavy atom. The van der Waals surface area contributed by atoms with Gasteiger partial charge in [-0.1, -0.05) is 12.1 Å². The van der Waals surface area contributed by atoms with Gasteiger partial charge in [-0.25, -0.2) is 0 Å². The summed E-state index contributed by atoms with van der Waals surface area (Å²) in [6.45, 7) is 0.447. The Morgan fingerprint density at radius 3 is 2.73 bits per heavy atom. The van der Waals surface area contributed by atoms with E-state index in [0.29, 0.717) is 6.54 Å². The van der Waals surface area contributed by atoms with Gasteiger partial charge >= 0.3 is 0 Å². The number of carbonyl (C=O) groups excluding carboxylic acids is 1. The maximum Gasteiger partial charge on any atom is 0.247 e. The van der Waals surface area contributed by atoms with Crippen LogP contribution < -0.4 is 9.80 Å². The van der Waals surface area contributed by atoms with Crippen molar-refractivity contribution in [2.75, 3.05) is 29.9 Å². The second-order valence-electron chi connectivity index (χ2n) is 3.48. The molecule has 0 unspecified atom stereocenters. The average molecular weight is 201 g/mol. The first kappa shape index (κ1) is 9.53. The SMILES string of the molecule is CN1CC(=O)N(CC#N)c2ccccc21. The molecule has 76 valence electrons. The van der Waals surface area contributed by atoms with Crippen LogP contribution in [-0.2, 0) is 4.79 Å². The van der Waals surface area contributed by atoms with E-state index >= 15 is 0 Å². The van der Waals surface area contributed by atoms with Gasteiger partial charge < -0.3 is 4.90 Å². The Morgan fingerprint density at radius 1 is 1.40 bits per heavy atom. The van der Waals surface area contributed by atoms with Crippen molar-refractivity contribution in [3.63, 3.8) is 0 Å². The van der Waals surface area contributed by atoms with Gasteiger partial charge in [0.15, 0.2) is 0 Å². The van der Waals surface area contributed by atoms with Gasteiger partial charge in [0.2, 0.25) is 5.91 Å². The minimum absolute atomic E-state index is 0.0299. The third-order valence-electron chi connectivity index (χ3n) is 2.49. The van der Waals surface area contributed by atoms with E-state index in [1.807, 2.05) is 42.3 Å². The maximum atomic E-state index is 11.7. The lowest BCUT2D eigenvalue weighted by Gasteiger charge is -2.33. The van der Waals surface area contributed by atoms with E-state index < -0.39 is 0 Å². The zero-order valence-corrected chi connectivity index (χ0v) is 8.47. The first-order valence-electron chi connectivity index (χ1n) is 4.71. The quantitative estimate of drug-likeness (QED) is 0.637. The summed E-state index contributed by atoms with van der Waals surface area (Å²) >= 11 is 0. The lowest BCUT2D eigenvalue weighted by atomic mass is 10.1. The molecule has 4 nitrogen and oxygen atoms in total. The lowest BCUT2D eigenvalue weighted by Crippen LogP contribution is -2.44. The Hall–Kier alpha value is -2.02. The summed E-state index contributed by atoms with van der Waals surface area (Å²) in [5.41, 5.74) is 1.81. The Labute approximate surface area is 88.3 Å². The van der Waals surface area contributed by atoms with E-state index in [9.17, 15) is 4.79 Å². The summed E-state index contributed by atoms with van der Waals surface area (Å²) < 4.78 is 0. The number of nitrogens with zero attached hydrogens (tertiary/aromatic N) is 3. The van der Waals surface area contributed by atoms with Crippen LogP contribution in [0.15, 0.2) is 24.3 Å². The van der Waals surface area contributed by atoms with Gasteiger partial charge in [0, 0.05) is 7.05 Å². The van der Waals surface area contributed by atoms with E-state index in [2.05, 4.69) is 0 Å². The molecular formula is C11H11N3O. The Balaban J connectivity index is 2.47. The fourth-order valence-electron chi connectivity index (χ4n) is 1.77. The largest absolute Gasteiger partial charge is 0.364 e. The summed E-state index contributed by atoms with van der Waals surface area (Å²) in [7, 11) is 1.88. The van der Waals surface area contributed by atoms with Gasteiger partial charge in [-0.15, -0.1) is 0 Å². The molecule has 0 aliphatic carbocycles. The second kappa shape index (κ2) is 3.62. The molecule has 1 amide bonds. The highest BCUT2D eigenvalue weighted by molar-refractivity contribution is 6.03. The van der Waals surface area contributed by atoms with E-state index in [1.54, 1.807) is 0 Å². The molecule has 0 fully saturated rings. The summed E-state index contributed by atoms with van der Waals surface area (Å²) in [4.78, 5) is 15.1. The van der Waals surface area contributed by atoms with Crippen LogP contribution in [0.3, 0.4) is 0 Å². The molecule has 0 bridgehead atoms. The van der Waals surface area contributed by atoms with Crippen LogP contribution in [0.4, 0.5) is 11.4 Å². The second-order valence-corrected chi connectivity index (χ2v) is 3.48. The molecule has 0 radical (unpaired) electrons. The number of rotatable bonds is 1. The molecule has 0 aromatic heterocycles. The minimum atomic E-state index is -0.0299. The lowest BCUT2D eigenvalue weighted by molar-refractivity contribution is -0.117. The number of amides is 1. The first-order chi connectivity index (χ1) is 7.24. The summed E-state index contributed by atoms with van der Waals surface area (Å²) in [5.74, 6) is -0.0299. The zero-order valence-electron chi connectivity index (χ0n) is 8.47. The van der Waals surface area contributed by atoms with Gasteiger partial charge in [0.1, 0.15) is 6.54 Å². The predicted octanol–water partition coefficient (Wildman–Crippen LogP) is 0.993. The summed E-state index contributed by atoms with van der Waals surface area (Å²) in [5, 5.41) is 8.67. The maximum absolute atomic E-state index is 11.7. The van der Waals surface area contributed by atoms with Crippen molar-refractivity contribution in [1.29, 1.82) is 5.26 Å². The van der Waals surface area contributed by atoms with Crippen LogP contribution in [0, 0.1) is 11.3 Å². The molecule has 2 rings (SSSR count). The van der Waals surface area contributed by atoms with Crippen molar-refractivity contribution in [3.05, 3.63) is 24.3 Å². The molecule has 0 saturated heterocycles. The van der Waals surface area contributed by atoms with Crippen molar-refractivity contribution in [1.82, 2.24) is 0 Å². The number of nitriles is 1. The van der Waals surface area contributed by atoms with Crippen LogP contribution in [0.2, 0.25) is 0 Å². The highest BCUT2D eigenvalue weighted by Gasteiger charge is 2.26. The van der Waals surface area contributed by atoms with Gasteiger partial charge in [-0.05, 0) is 12.1 Å². The van der Waals surface area contributed by atoms with Crippen LogP contribution in [0.5, 0.6) is 0 Å². The number of benzene rings is 1. The average Bonchev–Trinajstić information content (AvgIpc) is 2.24. The van der Waals surface area contributed by atoms with Crippen molar-refractivity contribution in [2.24, 2.45) is 0 Å². The fourth-order valence-corrected chi connectivity index (χ4v) is 1.77. The number of carbonyl (C=O) groups is 1. The monoisotopic (exact) mass is 201 g/mol. The highest BCUT2D eigenvalue weighted by Crippen LogP contribution is 2.31. The highest BCUT2D eigenvalue weighted by atomic mass is 16.2. The smallest absolute Gasteiger partial charge is 0.247 e.